The number of aromatic amines is 1. The van der Waals surface area contributed by atoms with Crippen LogP contribution in [-0.4, -0.2) is 52.8 Å². The van der Waals surface area contributed by atoms with Crippen molar-refractivity contribution >= 4 is 22.7 Å². The molecule has 5 heteroatoms. The molecule has 1 N–H and O–H groups in total. The lowest BCUT2D eigenvalue weighted by Gasteiger charge is -2.23. The van der Waals surface area contributed by atoms with Gasteiger partial charge in [-0.2, -0.15) is 0 Å². The van der Waals surface area contributed by atoms with Crippen LogP contribution in [0.25, 0.3) is 10.9 Å². The molecule has 1 heterocycles. The highest BCUT2D eigenvalue weighted by Gasteiger charge is 2.15. The van der Waals surface area contributed by atoms with E-state index in [1.807, 2.05) is 38.2 Å². The Kier molecular flexibility index (Phi) is 6.41. The maximum atomic E-state index is 12.1. The van der Waals surface area contributed by atoms with Gasteiger partial charge in [0.2, 0.25) is 11.8 Å². The molecule has 0 aliphatic heterocycles. The molecule has 0 atom stereocenters. The van der Waals surface area contributed by atoms with Crippen molar-refractivity contribution in [3.05, 3.63) is 36.0 Å². The van der Waals surface area contributed by atoms with E-state index in [4.69, 9.17) is 0 Å². The van der Waals surface area contributed by atoms with Crippen LogP contribution in [0.1, 0.15) is 32.8 Å². The number of hydrogen-bond donors (Lipinski definition) is 1. The highest BCUT2D eigenvalue weighted by atomic mass is 16.2. The fourth-order valence-corrected chi connectivity index (χ4v) is 2.99. The van der Waals surface area contributed by atoms with E-state index in [1.54, 1.807) is 16.7 Å². The molecule has 0 radical (unpaired) electrons. The van der Waals surface area contributed by atoms with Crippen molar-refractivity contribution in [1.82, 2.24) is 14.8 Å². The molecule has 0 saturated carbocycles. The van der Waals surface area contributed by atoms with Gasteiger partial charge in [0.15, 0.2) is 0 Å². The van der Waals surface area contributed by atoms with Gasteiger partial charge in [-0.3, -0.25) is 9.59 Å². The zero-order valence-corrected chi connectivity index (χ0v) is 14.8. The maximum absolute atomic E-state index is 12.1. The molecule has 1 aromatic carbocycles. The Morgan fingerprint density at radius 3 is 2.42 bits per heavy atom. The summed E-state index contributed by atoms with van der Waals surface area (Å²) in [5.41, 5.74) is 2.31. The van der Waals surface area contributed by atoms with Crippen molar-refractivity contribution in [2.24, 2.45) is 0 Å². The van der Waals surface area contributed by atoms with Crippen molar-refractivity contribution in [1.29, 1.82) is 0 Å². The number of carbonyl (C=O) groups is 2. The van der Waals surface area contributed by atoms with Crippen LogP contribution in [0.15, 0.2) is 30.5 Å². The molecule has 24 heavy (non-hydrogen) atoms. The molecule has 0 spiro atoms. The first-order valence-electron chi connectivity index (χ1n) is 8.65. The van der Waals surface area contributed by atoms with Crippen molar-refractivity contribution in [2.45, 2.75) is 33.6 Å². The van der Waals surface area contributed by atoms with Gasteiger partial charge >= 0.3 is 0 Å². The van der Waals surface area contributed by atoms with E-state index < -0.39 is 0 Å². The van der Waals surface area contributed by atoms with E-state index >= 15 is 0 Å². The number of para-hydroxylation sites is 1. The summed E-state index contributed by atoms with van der Waals surface area (Å²) >= 11 is 0. The van der Waals surface area contributed by atoms with Crippen LogP contribution in [0.3, 0.4) is 0 Å². The monoisotopic (exact) mass is 329 g/mol. The number of H-pyrrole nitrogens is 1. The molecule has 5 nitrogen and oxygen atoms in total. The standard InChI is InChI=1S/C19H27N3O2/c1-4-21(5-2)19(24)11-13-22(15(3)23)12-10-16-14-20-18-9-7-6-8-17(16)18/h6-9,14,20H,4-5,10-13H2,1-3H3. The van der Waals surface area contributed by atoms with Crippen molar-refractivity contribution in [3.63, 3.8) is 0 Å². The van der Waals surface area contributed by atoms with Gasteiger partial charge in [0, 0.05) is 56.6 Å². The predicted octanol–water partition coefficient (Wildman–Crippen LogP) is 2.82. The van der Waals surface area contributed by atoms with E-state index in [1.165, 1.54) is 10.9 Å². The zero-order valence-electron chi connectivity index (χ0n) is 14.8. The molecule has 1 aromatic heterocycles. The Morgan fingerprint density at radius 1 is 1.04 bits per heavy atom. The third-order valence-electron chi connectivity index (χ3n) is 4.48. The number of nitrogens with zero attached hydrogens (tertiary/aromatic N) is 2. The van der Waals surface area contributed by atoms with E-state index in [0.717, 1.165) is 11.9 Å². The Morgan fingerprint density at radius 2 is 1.75 bits per heavy atom. The van der Waals surface area contributed by atoms with Crippen molar-refractivity contribution in [2.75, 3.05) is 26.2 Å². The molecule has 0 aliphatic carbocycles. The quantitative estimate of drug-likeness (QED) is 0.809. The molecule has 2 rings (SSSR count). The molecule has 0 bridgehead atoms. The largest absolute Gasteiger partial charge is 0.361 e. The molecule has 130 valence electrons. The summed E-state index contributed by atoms with van der Waals surface area (Å²) in [6, 6.07) is 8.15. The number of nitrogens with one attached hydrogen (secondary N) is 1. The summed E-state index contributed by atoms with van der Waals surface area (Å²) in [5.74, 6) is 0.125. The van der Waals surface area contributed by atoms with Gasteiger partial charge in [-0.05, 0) is 31.9 Å². The molecule has 2 amide bonds. The van der Waals surface area contributed by atoms with E-state index in [9.17, 15) is 9.59 Å². The summed E-state index contributed by atoms with van der Waals surface area (Å²) in [7, 11) is 0. The highest BCUT2D eigenvalue weighted by molar-refractivity contribution is 5.83. The average Bonchev–Trinajstić information content (AvgIpc) is 2.99. The summed E-state index contributed by atoms with van der Waals surface area (Å²) < 4.78 is 0. The second-order valence-corrected chi connectivity index (χ2v) is 5.93. The number of aromatic nitrogens is 1. The smallest absolute Gasteiger partial charge is 0.224 e. The lowest BCUT2D eigenvalue weighted by Crippen LogP contribution is -2.37. The number of hydrogen-bond acceptors (Lipinski definition) is 2. The summed E-state index contributed by atoms with van der Waals surface area (Å²) in [5, 5.41) is 1.19. The van der Waals surface area contributed by atoms with Crippen LogP contribution < -0.4 is 0 Å². The van der Waals surface area contributed by atoms with E-state index in [2.05, 4.69) is 11.1 Å². The topological polar surface area (TPSA) is 56.4 Å². The Balaban J connectivity index is 1.94. The molecule has 0 saturated heterocycles. The van der Waals surface area contributed by atoms with Crippen molar-refractivity contribution < 1.29 is 9.59 Å². The van der Waals surface area contributed by atoms with Gasteiger partial charge in [-0.25, -0.2) is 0 Å². The van der Waals surface area contributed by atoms with E-state index in [0.29, 0.717) is 32.6 Å². The van der Waals surface area contributed by atoms with Crippen LogP contribution in [0.4, 0.5) is 0 Å². The molecular formula is C19H27N3O2. The first-order valence-corrected chi connectivity index (χ1v) is 8.65. The lowest BCUT2D eigenvalue weighted by atomic mass is 10.1. The third-order valence-corrected chi connectivity index (χ3v) is 4.48. The molecule has 0 unspecified atom stereocenters. The predicted molar refractivity (Wildman–Crippen MR) is 96.8 cm³/mol. The number of fused-ring (bicyclic) bond motifs is 1. The Hall–Kier alpha value is -2.30. The van der Waals surface area contributed by atoms with Gasteiger partial charge in [0.05, 0.1) is 0 Å². The van der Waals surface area contributed by atoms with Crippen LogP contribution >= 0.6 is 0 Å². The van der Waals surface area contributed by atoms with Gasteiger partial charge in [-0.15, -0.1) is 0 Å². The summed E-state index contributed by atoms with van der Waals surface area (Å²) in [6.07, 6.45) is 3.17. The maximum Gasteiger partial charge on any atom is 0.224 e. The molecule has 0 aliphatic rings. The fourth-order valence-electron chi connectivity index (χ4n) is 2.99. The zero-order chi connectivity index (χ0) is 17.5. The number of carbonyl (C=O) groups excluding carboxylic acids is 2. The minimum atomic E-state index is 0.0159. The second kappa shape index (κ2) is 8.52. The third kappa shape index (κ3) is 4.37. The molecular weight excluding hydrogens is 302 g/mol. The highest BCUT2D eigenvalue weighted by Crippen LogP contribution is 2.18. The van der Waals surface area contributed by atoms with Gasteiger partial charge in [-0.1, -0.05) is 18.2 Å². The lowest BCUT2D eigenvalue weighted by molar-refractivity contribution is -0.133. The fraction of sp³-hybridized carbons (Fsp3) is 0.474. The average molecular weight is 329 g/mol. The number of rotatable bonds is 8. The van der Waals surface area contributed by atoms with Gasteiger partial charge in [0.25, 0.3) is 0 Å². The number of benzene rings is 1. The van der Waals surface area contributed by atoms with Crippen molar-refractivity contribution in [3.8, 4) is 0 Å². The summed E-state index contributed by atoms with van der Waals surface area (Å²) in [6.45, 7) is 8.05. The molecule has 2 aromatic rings. The Labute approximate surface area is 143 Å². The minimum absolute atomic E-state index is 0.0159. The van der Waals surface area contributed by atoms with Gasteiger partial charge < -0.3 is 14.8 Å². The normalized spacial score (nSPS) is 10.8. The van der Waals surface area contributed by atoms with Crippen LogP contribution in [0.5, 0.6) is 0 Å². The van der Waals surface area contributed by atoms with Crippen LogP contribution in [0.2, 0.25) is 0 Å². The Bertz CT molecular complexity index is 689. The first kappa shape index (κ1) is 18.0. The number of amides is 2. The van der Waals surface area contributed by atoms with Gasteiger partial charge in [0.1, 0.15) is 0 Å². The summed E-state index contributed by atoms with van der Waals surface area (Å²) in [4.78, 5) is 30.8. The first-order chi connectivity index (χ1) is 11.6. The van der Waals surface area contributed by atoms with Crippen LogP contribution in [-0.2, 0) is 16.0 Å². The minimum Gasteiger partial charge on any atom is -0.361 e. The SMILES string of the molecule is CCN(CC)C(=O)CCN(CCc1c[nH]c2ccccc12)C(C)=O. The molecule has 0 fully saturated rings. The van der Waals surface area contributed by atoms with E-state index in [-0.39, 0.29) is 11.8 Å². The van der Waals surface area contributed by atoms with Crippen LogP contribution in [0, 0.1) is 0 Å². The second-order valence-electron chi connectivity index (χ2n) is 5.93.